The fraction of sp³-hybridized carbons (Fsp3) is 0.176. The highest BCUT2D eigenvalue weighted by Gasteiger charge is 2.13. The Bertz CT molecular complexity index is 886. The number of thioether (sulfide) groups is 1. The average Bonchev–Trinajstić information content (AvgIpc) is 3.09. The van der Waals surface area contributed by atoms with E-state index in [1.165, 1.54) is 11.8 Å². The van der Waals surface area contributed by atoms with Crippen LogP contribution in [0, 0.1) is 0 Å². The van der Waals surface area contributed by atoms with Crippen LogP contribution in [-0.2, 0) is 5.75 Å². The molecule has 0 spiro atoms. The number of hydrogen-bond donors (Lipinski definition) is 0. The van der Waals surface area contributed by atoms with Gasteiger partial charge in [-0.3, -0.25) is 0 Å². The van der Waals surface area contributed by atoms with Crippen LogP contribution in [-0.4, -0.2) is 24.4 Å². The second-order valence-corrected chi connectivity index (χ2v) is 7.67. The summed E-state index contributed by atoms with van der Waals surface area (Å²) in [4.78, 5) is 0. The first kappa shape index (κ1) is 18.3. The van der Waals surface area contributed by atoms with Crippen molar-refractivity contribution in [3.63, 3.8) is 0 Å². The zero-order chi connectivity index (χ0) is 17.8. The molecule has 0 unspecified atom stereocenters. The van der Waals surface area contributed by atoms with Gasteiger partial charge in [0.25, 0.3) is 5.22 Å². The molecule has 0 atom stereocenters. The molecule has 0 aliphatic carbocycles. The zero-order valence-electron chi connectivity index (χ0n) is 13.5. The van der Waals surface area contributed by atoms with Gasteiger partial charge in [0.15, 0.2) is 11.5 Å². The van der Waals surface area contributed by atoms with Crippen molar-refractivity contribution < 1.29 is 13.9 Å². The summed E-state index contributed by atoms with van der Waals surface area (Å²) >= 11 is 8.45. The lowest BCUT2D eigenvalue weighted by Crippen LogP contribution is -1.93. The van der Waals surface area contributed by atoms with Gasteiger partial charge in [0, 0.05) is 20.3 Å². The number of rotatable bonds is 6. The van der Waals surface area contributed by atoms with Gasteiger partial charge in [-0.2, -0.15) is 0 Å². The highest BCUT2D eigenvalue weighted by Crippen LogP contribution is 2.36. The summed E-state index contributed by atoms with van der Waals surface area (Å²) in [5, 5.41) is 8.72. The van der Waals surface area contributed by atoms with Gasteiger partial charge in [0.2, 0.25) is 5.89 Å². The highest BCUT2D eigenvalue weighted by molar-refractivity contribution is 9.10. The van der Waals surface area contributed by atoms with Crippen molar-refractivity contribution in [3.8, 4) is 23.0 Å². The van der Waals surface area contributed by atoms with Crippen molar-refractivity contribution in [1.29, 1.82) is 0 Å². The standard InChI is InChI=1S/C17H14Br2N2O3S/c1-22-14-7-11(13(19)8-15(14)23-2)9-25-17-21-20-16(24-17)10-4-3-5-12(18)6-10/h3-8H,9H2,1-2H3. The van der Waals surface area contributed by atoms with Gasteiger partial charge in [-0.15, -0.1) is 10.2 Å². The molecule has 8 heteroatoms. The first-order valence-electron chi connectivity index (χ1n) is 7.23. The van der Waals surface area contributed by atoms with Crippen molar-refractivity contribution in [2.24, 2.45) is 0 Å². The molecule has 0 saturated heterocycles. The van der Waals surface area contributed by atoms with Crippen molar-refractivity contribution in [2.75, 3.05) is 14.2 Å². The third kappa shape index (κ3) is 4.37. The molecule has 130 valence electrons. The molecule has 3 aromatic rings. The maximum Gasteiger partial charge on any atom is 0.277 e. The molecule has 0 N–H and O–H groups in total. The van der Waals surface area contributed by atoms with Crippen LogP contribution < -0.4 is 9.47 Å². The van der Waals surface area contributed by atoms with Crippen LogP contribution in [0.5, 0.6) is 11.5 Å². The number of methoxy groups -OCH3 is 2. The van der Waals surface area contributed by atoms with Crippen LogP contribution in [0.2, 0.25) is 0 Å². The van der Waals surface area contributed by atoms with E-state index in [2.05, 4.69) is 42.1 Å². The van der Waals surface area contributed by atoms with Crippen LogP contribution in [0.15, 0.2) is 55.0 Å². The number of hydrogen-bond acceptors (Lipinski definition) is 6. The summed E-state index contributed by atoms with van der Waals surface area (Å²) in [6, 6.07) is 11.6. The lowest BCUT2D eigenvalue weighted by molar-refractivity contribution is 0.354. The summed E-state index contributed by atoms with van der Waals surface area (Å²) in [5.74, 6) is 2.51. The smallest absolute Gasteiger partial charge is 0.277 e. The Balaban J connectivity index is 1.74. The first-order chi connectivity index (χ1) is 12.1. The van der Waals surface area contributed by atoms with Crippen LogP contribution in [0.1, 0.15) is 5.56 Å². The lowest BCUT2D eigenvalue weighted by Gasteiger charge is -2.11. The molecule has 1 aromatic heterocycles. The van der Waals surface area contributed by atoms with Gasteiger partial charge in [-0.1, -0.05) is 49.7 Å². The Kier molecular flexibility index (Phi) is 6.03. The zero-order valence-corrected chi connectivity index (χ0v) is 17.4. The number of benzene rings is 2. The molecule has 25 heavy (non-hydrogen) atoms. The Morgan fingerprint density at radius 2 is 1.80 bits per heavy atom. The molecule has 0 radical (unpaired) electrons. The van der Waals surface area contributed by atoms with E-state index in [9.17, 15) is 0 Å². The van der Waals surface area contributed by atoms with E-state index in [1.807, 2.05) is 36.4 Å². The Labute approximate surface area is 166 Å². The summed E-state index contributed by atoms with van der Waals surface area (Å²) in [5.41, 5.74) is 1.92. The largest absolute Gasteiger partial charge is 0.493 e. The number of aromatic nitrogens is 2. The average molecular weight is 486 g/mol. The number of halogens is 2. The molecule has 0 aliphatic heterocycles. The van der Waals surface area contributed by atoms with E-state index in [0.717, 1.165) is 20.1 Å². The van der Waals surface area contributed by atoms with Gasteiger partial charge in [0.1, 0.15) is 0 Å². The quantitative estimate of drug-likeness (QED) is 0.425. The van der Waals surface area contributed by atoms with Crippen LogP contribution in [0.25, 0.3) is 11.5 Å². The Morgan fingerprint density at radius 3 is 2.52 bits per heavy atom. The minimum atomic E-state index is 0.496. The molecule has 0 aliphatic rings. The predicted molar refractivity (Wildman–Crippen MR) is 104 cm³/mol. The molecular weight excluding hydrogens is 472 g/mol. The maximum atomic E-state index is 5.74. The van der Waals surface area contributed by atoms with E-state index in [1.54, 1.807) is 14.2 Å². The fourth-order valence-electron chi connectivity index (χ4n) is 2.15. The third-order valence-electron chi connectivity index (χ3n) is 3.38. The highest BCUT2D eigenvalue weighted by atomic mass is 79.9. The Hall–Kier alpha value is -1.51. The topological polar surface area (TPSA) is 57.4 Å². The van der Waals surface area contributed by atoms with Crippen LogP contribution in [0.3, 0.4) is 0 Å². The van der Waals surface area contributed by atoms with Crippen LogP contribution >= 0.6 is 43.6 Å². The third-order valence-corrected chi connectivity index (χ3v) is 5.48. The van der Waals surface area contributed by atoms with E-state index in [0.29, 0.717) is 28.4 Å². The molecule has 0 amide bonds. The monoisotopic (exact) mass is 484 g/mol. The van der Waals surface area contributed by atoms with Crippen molar-refractivity contribution in [3.05, 3.63) is 50.9 Å². The second kappa shape index (κ2) is 8.25. The fourth-order valence-corrected chi connectivity index (χ4v) is 3.95. The van der Waals surface area contributed by atoms with E-state index in [4.69, 9.17) is 13.9 Å². The maximum absolute atomic E-state index is 5.74. The van der Waals surface area contributed by atoms with Gasteiger partial charge < -0.3 is 13.9 Å². The molecule has 2 aromatic carbocycles. The predicted octanol–water partition coefficient (Wildman–Crippen LogP) is 5.57. The van der Waals surface area contributed by atoms with E-state index < -0.39 is 0 Å². The van der Waals surface area contributed by atoms with Gasteiger partial charge in [0.05, 0.1) is 14.2 Å². The molecule has 0 bridgehead atoms. The van der Waals surface area contributed by atoms with E-state index in [-0.39, 0.29) is 0 Å². The SMILES string of the molecule is COc1cc(Br)c(CSc2nnc(-c3cccc(Br)c3)o2)cc1OC. The summed E-state index contributed by atoms with van der Waals surface area (Å²) in [7, 11) is 3.23. The summed E-state index contributed by atoms with van der Waals surface area (Å²) < 4.78 is 18.3. The van der Waals surface area contributed by atoms with E-state index >= 15 is 0 Å². The number of nitrogens with zero attached hydrogens (tertiary/aromatic N) is 2. The van der Waals surface area contributed by atoms with Crippen LogP contribution in [0.4, 0.5) is 0 Å². The second-order valence-electron chi connectivity index (χ2n) is 4.97. The molecule has 5 nitrogen and oxygen atoms in total. The minimum absolute atomic E-state index is 0.496. The summed E-state index contributed by atoms with van der Waals surface area (Å²) in [6.45, 7) is 0. The van der Waals surface area contributed by atoms with Gasteiger partial charge in [-0.05, 0) is 35.9 Å². The first-order valence-corrected chi connectivity index (χ1v) is 9.80. The lowest BCUT2D eigenvalue weighted by atomic mass is 10.2. The van der Waals surface area contributed by atoms with Crippen molar-refractivity contribution in [2.45, 2.75) is 11.0 Å². The molecule has 3 rings (SSSR count). The molecule has 1 heterocycles. The van der Waals surface area contributed by atoms with Gasteiger partial charge in [-0.25, -0.2) is 0 Å². The normalized spacial score (nSPS) is 10.7. The summed E-state index contributed by atoms with van der Waals surface area (Å²) in [6.07, 6.45) is 0. The van der Waals surface area contributed by atoms with Crippen molar-refractivity contribution in [1.82, 2.24) is 10.2 Å². The van der Waals surface area contributed by atoms with Gasteiger partial charge >= 0.3 is 0 Å². The number of ether oxygens (including phenoxy) is 2. The molecule has 0 saturated carbocycles. The molecule has 0 fully saturated rings. The van der Waals surface area contributed by atoms with Crippen molar-refractivity contribution >= 4 is 43.6 Å². The minimum Gasteiger partial charge on any atom is -0.493 e. The Morgan fingerprint density at radius 1 is 1.04 bits per heavy atom. The molecular formula is C17H14Br2N2O3S.